The second-order valence-electron chi connectivity index (χ2n) is 7.75. The molecule has 1 aromatic heterocycles. The first-order valence-electron chi connectivity index (χ1n) is 10.8. The second-order valence-corrected chi connectivity index (χ2v) is 8.57. The number of pyridine rings is 1. The van der Waals surface area contributed by atoms with Crippen LogP contribution in [0.5, 0.6) is 17.2 Å². The fourth-order valence-electron chi connectivity index (χ4n) is 3.28. The molecular weight excluding hydrogens is 460 g/mol. The summed E-state index contributed by atoms with van der Waals surface area (Å²) in [6, 6.07) is 11.0. The van der Waals surface area contributed by atoms with Gasteiger partial charge in [-0.25, -0.2) is 0 Å². The van der Waals surface area contributed by atoms with E-state index in [9.17, 15) is 4.79 Å². The van der Waals surface area contributed by atoms with Crippen molar-refractivity contribution in [2.24, 2.45) is 0 Å². The standard InChI is InChI=1S/C24H25ClN4O3S/c1-3-9-27-23(30)17-12-16-20(13-22(17)31-2)26-10-8-21(16)32-15-6-7-19(18(25)11-15)29-24(33)28-14-4-5-14/h6-8,10-14H,3-5,9H2,1-2H3,(H,27,30)(H2,28,29,33). The highest BCUT2D eigenvalue weighted by molar-refractivity contribution is 7.80. The van der Waals surface area contributed by atoms with Crippen LogP contribution in [0.3, 0.4) is 0 Å². The molecule has 1 heterocycles. The Kier molecular flexibility index (Phi) is 7.15. The summed E-state index contributed by atoms with van der Waals surface area (Å²) in [5.41, 5.74) is 1.77. The molecule has 9 heteroatoms. The van der Waals surface area contributed by atoms with Crippen LogP contribution < -0.4 is 25.4 Å². The van der Waals surface area contributed by atoms with Crippen molar-refractivity contribution in [2.75, 3.05) is 19.0 Å². The molecule has 1 aliphatic carbocycles. The molecule has 2 aromatic carbocycles. The van der Waals surface area contributed by atoms with Crippen LogP contribution in [-0.4, -0.2) is 35.7 Å². The number of carbonyl (C=O) groups is 1. The maximum Gasteiger partial charge on any atom is 0.255 e. The number of rotatable bonds is 8. The first-order chi connectivity index (χ1) is 16.0. The highest BCUT2D eigenvalue weighted by Crippen LogP contribution is 2.35. The number of amides is 1. The van der Waals surface area contributed by atoms with E-state index in [0.29, 0.717) is 62.1 Å². The van der Waals surface area contributed by atoms with Crippen LogP contribution in [0.15, 0.2) is 42.6 Å². The van der Waals surface area contributed by atoms with Crippen molar-refractivity contribution in [3.05, 3.63) is 53.2 Å². The van der Waals surface area contributed by atoms with Crippen LogP contribution in [0.4, 0.5) is 5.69 Å². The Morgan fingerprint density at radius 1 is 1.21 bits per heavy atom. The number of nitrogens with one attached hydrogen (secondary N) is 3. The van der Waals surface area contributed by atoms with E-state index < -0.39 is 0 Å². The Labute approximate surface area is 202 Å². The summed E-state index contributed by atoms with van der Waals surface area (Å²) in [4.78, 5) is 17.0. The van der Waals surface area contributed by atoms with Crippen LogP contribution in [0.25, 0.3) is 10.9 Å². The number of halogens is 1. The number of benzene rings is 2. The number of hydrogen-bond donors (Lipinski definition) is 3. The molecule has 0 saturated heterocycles. The van der Waals surface area contributed by atoms with Gasteiger partial charge < -0.3 is 25.4 Å². The summed E-state index contributed by atoms with van der Waals surface area (Å²) >= 11 is 11.8. The molecule has 1 aliphatic rings. The van der Waals surface area contributed by atoms with Crippen LogP contribution in [0.1, 0.15) is 36.5 Å². The van der Waals surface area contributed by atoms with E-state index >= 15 is 0 Å². The van der Waals surface area contributed by atoms with Gasteiger partial charge in [-0.1, -0.05) is 18.5 Å². The molecule has 33 heavy (non-hydrogen) atoms. The molecule has 4 rings (SSSR count). The number of anilines is 1. The molecule has 1 amide bonds. The lowest BCUT2D eigenvalue weighted by molar-refractivity contribution is 0.0951. The van der Waals surface area contributed by atoms with E-state index in [1.165, 1.54) is 7.11 Å². The highest BCUT2D eigenvalue weighted by Gasteiger charge is 2.22. The van der Waals surface area contributed by atoms with Gasteiger partial charge in [-0.3, -0.25) is 9.78 Å². The van der Waals surface area contributed by atoms with E-state index in [0.717, 1.165) is 19.3 Å². The van der Waals surface area contributed by atoms with E-state index in [1.807, 2.05) is 13.0 Å². The summed E-state index contributed by atoms with van der Waals surface area (Å²) in [5.74, 6) is 1.34. The zero-order valence-electron chi connectivity index (χ0n) is 18.4. The van der Waals surface area contributed by atoms with Crippen LogP contribution in [-0.2, 0) is 0 Å². The van der Waals surface area contributed by atoms with Crippen LogP contribution >= 0.6 is 23.8 Å². The van der Waals surface area contributed by atoms with Crippen molar-refractivity contribution >= 4 is 51.4 Å². The van der Waals surface area contributed by atoms with Gasteiger partial charge >= 0.3 is 0 Å². The SMILES string of the molecule is CCCNC(=O)c1cc2c(Oc3ccc(NC(=S)NC4CC4)c(Cl)c3)ccnc2cc1OC. The average Bonchev–Trinajstić information content (AvgIpc) is 3.62. The first kappa shape index (κ1) is 23.1. The fraction of sp³-hybridized carbons (Fsp3) is 0.292. The molecule has 0 atom stereocenters. The zero-order valence-corrected chi connectivity index (χ0v) is 20.0. The second kappa shape index (κ2) is 10.2. The number of hydrogen-bond acceptors (Lipinski definition) is 5. The lowest BCUT2D eigenvalue weighted by atomic mass is 10.1. The maximum atomic E-state index is 12.6. The summed E-state index contributed by atoms with van der Waals surface area (Å²) < 4.78 is 11.5. The van der Waals surface area contributed by atoms with Crippen molar-refractivity contribution in [3.63, 3.8) is 0 Å². The van der Waals surface area contributed by atoms with Crippen molar-refractivity contribution < 1.29 is 14.3 Å². The molecule has 0 radical (unpaired) electrons. The Morgan fingerprint density at radius 3 is 2.73 bits per heavy atom. The molecule has 1 saturated carbocycles. The van der Waals surface area contributed by atoms with Crippen LogP contribution in [0.2, 0.25) is 5.02 Å². The van der Waals surface area contributed by atoms with E-state index in [2.05, 4.69) is 20.9 Å². The number of methoxy groups -OCH3 is 1. The molecule has 3 N–H and O–H groups in total. The molecule has 0 unspecified atom stereocenters. The highest BCUT2D eigenvalue weighted by atomic mass is 35.5. The molecule has 0 spiro atoms. The summed E-state index contributed by atoms with van der Waals surface area (Å²) in [5, 5.41) is 10.9. The van der Waals surface area contributed by atoms with Gasteiger partial charge in [0.05, 0.1) is 28.9 Å². The lowest BCUT2D eigenvalue weighted by Crippen LogP contribution is -2.30. The smallest absolute Gasteiger partial charge is 0.255 e. The number of thiocarbonyl (C=S) groups is 1. The molecule has 0 aliphatic heterocycles. The molecule has 1 fully saturated rings. The predicted octanol–water partition coefficient (Wildman–Crippen LogP) is 5.28. The van der Waals surface area contributed by atoms with Gasteiger partial charge in [0.2, 0.25) is 0 Å². The Hall–Kier alpha value is -3.10. The quantitative estimate of drug-likeness (QED) is 0.375. The third-order valence-electron chi connectivity index (χ3n) is 5.13. The van der Waals surface area contributed by atoms with Crippen molar-refractivity contribution in [1.82, 2.24) is 15.6 Å². The Bertz CT molecular complexity index is 1200. The third-order valence-corrected chi connectivity index (χ3v) is 5.66. The molecule has 0 bridgehead atoms. The molecular formula is C24H25ClN4O3S. The van der Waals surface area contributed by atoms with Gasteiger partial charge in [-0.15, -0.1) is 0 Å². The minimum atomic E-state index is -0.209. The van der Waals surface area contributed by atoms with Gasteiger partial charge in [-0.05, 0) is 55.7 Å². The average molecular weight is 485 g/mol. The molecule has 172 valence electrons. The van der Waals surface area contributed by atoms with Gasteiger partial charge in [0.1, 0.15) is 17.2 Å². The fourth-order valence-corrected chi connectivity index (χ4v) is 3.77. The topological polar surface area (TPSA) is 84.5 Å². The van der Waals surface area contributed by atoms with Gasteiger partial charge in [0.15, 0.2) is 5.11 Å². The minimum Gasteiger partial charge on any atom is -0.496 e. The lowest BCUT2D eigenvalue weighted by Gasteiger charge is -2.14. The monoisotopic (exact) mass is 484 g/mol. The maximum absolute atomic E-state index is 12.6. The Balaban J connectivity index is 1.59. The zero-order chi connectivity index (χ0) is 23.4. The van der Waals surface area contributed by atoms with Gasteiger partial charge in [-0.2, -0.15) is 0 Å². The van der Waals surface area contributed by atoms with E-state index in [1.54, 1.807) is 36.5 Å². The first-order valence-corrected chi connectivity index (χ1v) is 11.6. The third kappa shape index (κ3) is 5.64. The predicted molar refractivity (Wildman–Crippen MR) is 135 cm³/mol. The van der Waals surface area contributed by atoms with Crippen LogP contribution in [0, 0.1) is 0 Å². The molecule has 7 nitrogen and oxygen atoms in total. The minimum absolute atomic E-state index is 0.209. The van der Waals surface area contributed by atoms with Crippen molar-refractivity contribution in [3.8, 4) is 17.2 Å². The number of fused-ring (bicyclic) bond motifs is 1. The largest absolute Gasteiger partial charge is 0.496 e. The molecule has 3 aromatic rings. The number of nitrogens with zero attached hydrogens (tertiary/aromatic N) is 1. The summed E-state index contributed by atoms with van der Waals surface area (Å²) in [6.45, 7) is 2.58. The van der Waals surface area contributed by atoms with Crippen molar-refractivity contribution in [1.29, 1.82) is 0 Å². The van der Waals surface area contributed by atoms with Crippen molar-refractivity contribution in [2.45, 2.75) is 32.2 Å². The van der Waals surface area contributed by atoms with E-state index in [-0.39, 0.29) is 5.91 Å². The normalized spacial score (nSPS) is 12.8. The summed E-state index contributed by atoms with van der Waals surface area (Å²) in [6.07, 6.45) is 4.75. The number of ether oxygens (including phenoxy) is 2. The summed E-state index contributed by atoms with van der Waals surface area (Å²) in [7, 11) is 1.53. The number of aromatic nitrogens is 1. The Morgan fingerprint density at radius 2 is 2.03 bits per heavy atom. The van der Waals surface area contributed by atoms with Gasteiger partial charge in [0, 0.05) is 36.3 Å². The van der Waals surface area contributed by atoms with E-state index in [4.69, 9.17) is 33.3 Å². The number of carbonyl (C=O) groups excluding carboxylic acids is 1. The van der Waals surface area contributed by atoms with Gasteiger partial charge in [0.25, 0.3) is 5.91 Å².